The van der Waals surface area contributed by atoms with Gasteiger partial charge >= 0.3 is 0 Å². The highest BCUT2D eigenvalue weighted by atomic mass is 32.2. The second kappa shape index (κ2) is 7.62. The lowest BCUT2D eigenvalue weighted by Gasteiger charge is -2.07. The Hall–Kier alpha value is -0.0200. The van der Waals surface area contributed by atoms with Crippen LogP contribution < -0.4 is 0 Å². The molecule has 0 amide bonds. The predicted molar refractivity (Wildman–Crippen MR) is 53.3 cm³/mol. The standard InChI is InChI=1S/C9H18O2S/c1-3-5-6-8(10)7-9(11)12-4-2/h8,10H,3-7H2,1-2H3/t8-/m0/s1. The van der Waals surface area contributed by atoms with Crippen LogP contribution in [0, 0.1) is 0 Å². The molecule has 0 saturated heterocycles. The van der Waals surface area contributed by atoms with Crippen LogP contribution in [0.4, 0.5) is 0 Å². The highest BCUT2D eigenvalue weighted by molar-refractivity contribution is 8.13. The minimum Gasteiger partial charge on any atom is -0.393 e. The average molecular weight is 190 g/mol. The lowest BCUT2D eigenvalue weighted by molar-refractivity contribution is -0.112. The van der Waals surface area contributed by atoms with E-state index in [1.165, 1.54) is 11.8 Å². The molecule has 0 unspecified atom stereocenters. The highest BCUT2D eigenvalue weighted by Gasteiger charge is 2.09. The first-order valence-electron chi connectivity index (χ1n) is 4.54. The second-order valence-electron chi connectivity index (χ2n) is 2.81. The first-order chi connectivity index (χ1) is 5.70. The van der Waals surface area contributed by atoms with Crippen LogP contribution in [0.15, 0.2) is 0 Å². The summed E-state index contributed by atoms with van der Waals surface area (Å²) in [5.74, 6) is 0.805. The van der Waals surface area contributed by atoms with Gasteiger partial charge in [0.2, 0.25) is 0 Å². The maximum absolute atomic E-state index is 11.0. The zero-order valence-corrected chi connectivity index (χ0v) is 8.69. The first kappa shape index (κ1) is 12.0. The zero-order chi connectivity index (χ0) is 9.40. The monoisotopic (exact) mass is 190 g/mol. The molecule has 0 aliphatic carbocycles. The maximum Gasteiger partial charge on any atom is 0.191 e. The first-order valence-corrected chi connectivity index (χ1v) is 5.52. The van der Waals surface area contributed by atoms with E-state index < -0.39 is 6.10 Å². The van der Waals surface area contributed by atoms with E-state index in [-0.39, 0.29) is 5.12 Å². The summed E-state index contributed by atoms with van der Waals surface area (Å²) in [5.41, 5.74) is 0. The van der Waals surface area contributed by atoms with E-state index in [0.717, 1.165) is 25.0 Å². The second-order valence-corrected chi connectivity index (χ2v) is 4.13. The Labute approximate surface area is 78.7 Å². The van der Waals surface area contributed by atoms with Gasteiger partial charge in [0, 0.05) is 6.42 Å². The summed E-state index contributed by atoms with van der Waals surface area (Å²) in [4.78, 5) is 11.0. The molecule has 0 aromatic rings. The van der Waals surface area contributed by atoms with Crippen molar-refractivity contribution in [2.24, 2.45) is 0 Å². The van der Waals surface area contributed by atoms with Crippen molar-refractivity contribution in [3.8, 4) is 0 Å². The zero-order valence-electron chi connectivity index (χ0n) is 7.88. The summed E-state index contributed by atoms with van der Waals surface area (Å²) in [5, 5.41) is 9.46. The number of hydrogen-bond donors (Lipinski definition) is 1. The number of carbonyl (C=O) groups excluding carboxylic acids is 1. The fourth-order valence-electron chi connectivity index (χ4n) is 0.954. The number of aliphatic hydroxyl groups is 1. The molecule has 72 valence electrons. The molecular formula is C9H18O2S. The van der Waals surface area contributed by atoms with E-state index in [1.807, 2.05) is 6.92 Å². The Morgan fingerprint density at radius 2 is 2.17 bits per heavy atom. The summed E-state index contributed by atoms with van der Waals surface area (Å²) in [6.45, 7) is 4.02. The lowest BCUT2D eigenvalue weighted by Crippen LogP contribution is -2.11. The largest absolute Gasteiger partial charge is 0.393 e. The van der Waals surface area contributed by atoms with Crippen LogP contribution in [0.5, 0.6) is 0 Å². The lowest BCUT2D eigenvalue weighted by atomic mass is 10.1. The van der Waals surface area contributed by atoms with E-state index in [9.17, 15) is 9.90 Å². The third-order valence-corrected chi connectivity index (χ3v) is 2.38. The molecule has 0 heterocycles. The van der Waals surface area contributed by atoms with Gasteiger partial charge in [-0.25, -0.2) is 0 Å². The molecule has 0 spiro atoms. The van der Waals surface area contributed by atoms with E-state index in [2.05, 4.69) is 6.92 Å². The molecule has 0 rings (SSSR count). The van der Waals surface area contributed by atoms with Gasteiger partial charge in [-0.05, 0) is 12.2 Å². The van der Waals surface area contributed by atoms with Gasteiger partial charge < -0.3 is 5.11 Å². The van der Waals surface area contributed by atoms with Crippen LogP contribution in [-0.2, 0) is 4.79 Å². The Kier molecular flexibility index (Phi) is 7.61. The van der Waals surface area contributed by atoms with Gasteiger partial charge in [-0.1, -0.05) is 38.5 Å². The SMILES string of the molecule is CCCC[C@H](O)CC(=O)SCC. The molecule has 1 N–H and O–H groups in total. The Morgan fingerprint density at radius 1 is 1.50 bits per heavy atom. The van der Waals surface area contributed by atoms with Crippen molar-refractivity contribution >= 4 is 16.9 Å². The predicted octanol–water partition coefficient (Wildman–Crippen LogP) is 2.21. The van der Waals surface area contributed by atoms with Gasteiger partial charge in [0.15, 0.2) is 5.12 Å². The van der Waals surface area contributed by atoms with Crippen molar-refractivity contribution in [3.63, 3.8) is 0 Å². The molecule has 3 heteroatoms. The van der Waals surface area contributed by atoms with Crippen LogP contribution >= 0.6 is 11.8 Å². The topological polar surface area (TPSA) is 37.3 Å². The molecule has 2 nitrogen and oxygen atoms in total. The summed E-state index contributed by atoms with van der Waals surface area (Å²) in [6, 6.07) is 0. The Bertz CT molecular complexity index is 126. The molecule has 0 saturated carbocycles. The van der Waals surface area contributed by atoms with Crippen molar-refractivity contribution in [3.05, 3.63) is 0 Å². The highest BCUT2D eigenvalue weighted by Crippen LogP contribution is 2.10. The molecule has 0 aliphatic rings. The van der Waals surface area contributed by atoms with Gasteiger partial charge in [-0.3, -0.25) is 4.79 Å². The van der Waals surface area contributed by atoms with Gasteiger partial charge in [0.25, 0.3) is 0 Å². The van der Waals surface area contributed by atoms with Gasteiger partial charge in [0.1, 0.15) is 0 Å². The number of aliphatic hydroxyl groups excluding tert-OH is 1. The number of hydrogen-bond acceptors (Lipinski definition) is 3. The van der Waals surface area contributed by atoms with E-state index in [1.54, 1.807) is 0 Å². The molecular weight excluding hydrogens is 172 g/mol. The fraction of sp³-hybridized carbons (Fsp3) is 0.889. The summed E-state index contributed by atoms with van der Waals surface area (Å²) in [6.07, 6.45) is 2.74. The quantitative estimate of drug-likeness (QED) is 0.697. The minimum atomic E-state index is -0.420. The van der Waals surface area contributed by atoms with Crippen molar-refractivity contribution in [2.75, 3.05) is 5.75 Å². The van der Waals surface area contributed by atoms with Crippen molar-refractivity contribution < 1.29 is 9.90 Å². The Balaban J connectivity index is 3.40. The van der Waals surface area contributed by atoms with Crippen LogP contribution in [-0.4, -0.2) is 22.1 Å². The molecule has 0 aromatic carbocycles. The van der Waals surface area contributed by atoms with Crippen LogP contribution in [0.25, 0.3) is 0 Å². The molecule has 12 heavy (non-hydrogen) atoms. The summed E-state index contributed by atoms with van der Waals surface area (Å²) in [7, 11) is 0. The van der Waals surface area contributed by atoms with E-state index >= 15 is 0 Å². The summed E-state index contributed by atoms with van der Waals surface area (Å²) >= 11 is 1.29. The van der Waals surface area contributed by atoms with Crippen molar-refractivity contribution in [1.29, 1.82) is 0 Å². The van der Waals surface area contributed by atoms with Crippen LogP contribution in [0.2, 0.25) is 0 Å². The number of carbonyl (C=O) groups is 1. The fourth-order valence-corrected chi connectivity index (χ4v) is 1.59. The Morgan fingerprint density at radius 3 is 2.67 bits per heavy atom. The normalized spacial score (nSPS) is 12.9. The van der Waals surface area contributed by atoms with Gasteiger partial charge in [-0.2, -0.15) is 0 Å². The van der Waals surface area contributed by atoms with Gasteiger partial charge in [0.05, 0.1) is 6.10 Å². The number of rotatable bonds is 6. The molecule has 0 fully saturated rings. The van der Waals surface area contributed by atoms with Crippen molar-refractivity contribution in [2.45, 2.75) is 45.6 Å². The third-order valence-electron chi connectivity index (χ3n) is 1.60. The molecule has 0 radical (unpaired) electrons. The number of thioether (sulfide) groups is 1. The van der Waals surface area contributed by atoms with Crippen LogP contribution in [0.1, 0.15) is 39.5 Å². The van der Waals surface area contributed by atoms with Crippen LogP contribution in [0.3, 0.4) is 0 Å². The average Bonchev–Trinajstić information content (AvgIpc) is 2.01. The molecule has 0 bridgehead atoms. The van der Waals surface area contributed by atoms with E-state index in [0.29, 0.717) is 6.42 Å². The molecule has 1 atom stereocenters. The van der Waals surface area contributed by atoms with E-state index in [4.69, 9.17) is 0 Å². The number of unbranched alkanes of at least 4 members (excludes halogenated alkanes) is 1. The minimum absolute atomic E-state index is 0.112. The maximum atomic E-state index is 11.0. The third kappa shape index (κ3) is 6.68. The van der Waals surface area contributed by atoms with Crippen molar-refractivity contribution in [1.82, 2.24) is 0 Å². The summed E-state index contributed by atoms with van der Waals surface area (Å²) < 4.78 is 0. The smallest absolute Gasteiger partial charge is 0.191 e. The molecule has 0 aliphatic heterocycles. The molecule has 0 aromatic heterocycles. The van der Waals surface area contributed by atoms with Gasteiger partial charge in [-0.15, -0.1) is 0 Å².